The Morgan fingerprint density at radius 1 is 0.680 bits per heavy atom. The molecule has 0 radical (unpaired) electrons. The summed E-state index contributed by atoms with van der Waals surface area (Å²) >= 11 is 0. The highest BCUT2D eigenvalue weighted by atomic mass is 16.4. The van der Waals surface area contributed by atoms with Gasteiger partial charge in [-0.2, -0.15) is 0 Å². The van der Waals surface area contributed by atoms with Crippen molar-refractivity contribution in [1.82, 2.24) is 0 Å². The molecule has 4 nitrogen and oxygen atoms in total. The zero-order valence-corrected chi connectivity index (χ0v) is 15.3. The summed E-state index contributed by atoms with van der Waals surface area (Å²) in [6.07, 6.45) is -4.08. The van der Waals surface area contributed by atoms with E-state index in [1.165, 1.54) is 0 Å². The Morgan fingerprint density at radius 3 is 1.48 bits per heavy atom. The molecule has 25 heavy (non-hydrogen) atoms. The Balaban J connectivity index is 2.53. The first-order valence-electron chi connectivity index (χ1n) is 8.55. The SMILES string of the molecule is Cc1ccc(C(c2ccc(C)c(C)c2)[C@H](O)[C@@H](O)[C@H](O)CO)cc1C. The fourth-order valence-electron chi connectivity index (χ4n) is 3.04. The smallest absolute Gasteiger partial charge is 0.109 e. The Labute approximate surface area is 149 Å². The van der Waals surface area contributed by atoms with E-state index in [1.54, 1.807) is 0 Å². The fraction of sp³-hybridized carbons (Fsp3) is 0.429. The van der Waals surface area contributed by atoms with Gasteiger partial charge in [0, 0.05) is 5.92 Å². The Hall–Kier alpha value is -1.72. The van der Waals surface area contributed by atoms with Gasteiger partial charge in [-0.25, -0.2) is 0 Å². The lowest BCUT2D eigenvalue weighted by molar-refractivity contribution is -0.0806. The van der Waals surface area contributed by atoms with E-state index < -0.39 is 30.8 Å². The van der Waals surface area contributed by atoms with Crippen LogP contribution in [0.2, 0.25) is 0 Å². The van der Waals surface area contributed by atoms with Gasteiger partial charge in [-0.1, -0.05) is 36.4 Å². The Kier molecular flexibility index (Phi) is 6.36. The number of aryl methyl sites for hydroxylation is 4. The number of hydrogen-bond acceptors (Lipinski definition) is 4. The molecule has 0 aliphatic rings. The minimum Gasteiger partial charge on any atom is -0.394 e. The van der Waals surface area contributed by atoms with E-state index >= 15 is 0 Å². The van der Waals surface area contributed by atoms with Gasteiger partial charge in [0.25, 0.3) is 0 Å². The van der Waals surface area contributed by atoms with Crippen LogP contribution in [0.25, 0.3) is 0 Å². The van der Waals surface area contributed by atoms with Gasteiger partial charge in [-0.15, -0.1) is 0 Å². The second kappa shape index (κ2) is 8.11. The second-order valence-corrected chi connectivity index (χ2v) is 6.90. The predicted octanol–water partition coefficient (Wildman–Crippen LogP) is 2.13. The molecule has 0 saturated carbocycles. The van der Waals surface area contributed by atoms with E-state index in [0.29, 0.717) is 0 Å². The normalized spacial score (nSPS) is 15.2. The monoisotopic (exact) mass is 344 g/mol. The van der Waals surface area contributed by atoms with Crippen molar-refractivity contribution in [2.45, 2.75) is 51.9 Å². The molecule has 2 aromatic rings. The van der Waals surface area contributed by atoms with Crippen LogP contribution in [0, 0.1) is 27.7 Å². The molecule has 2 rings (SSSR count). The molecule has 0 unspecified atom stereocenters. The van der Waals surface area contributed by atoms with Crippen molar-refractivity contribution in [2.24, 2.45) is 0 Å². The number of benzene rings is 2. The maximum Gasteiger partial charge on any atom is 0.109 e. The van der Waals surface area contributed by atoms with Crippen molar-refractivity contribution < 1.29 is 20.4 Å². The van der Waals surface area contributed by atoms with E-state index in [1.807, 2.05) is 64.1 Å². The summed E-state index contributed by atoms with van der Waals surface area (Å²) in [5, 5.41) is 39.9. The van der Waals surface area contributed by atoms with Gasteiger partial charge in [-0.3, -0.25) is 0 Å². The molecule has 0 amide bonds. The average molecular weight is 344 g/mol. The molecule has 0 heterocycles. The number of rotatable bonds is 6. The van der Waals surface area contributed by atoms with Gasteiger partial charge in [0.1, 0.15) is 12.2 Å². The van der Waals surface area contributed by atoms with Crippen LogP contribution in [0.1, 0.15) is 39.3 Å². The Bertz CT molecular complexity index is 674. The standard InChI is InChI=1S/C21H28O4/c1-12-5-7-16(9-14(12)3)19(21(25)20(24)18(23)11-22)17-8-6-13(2)15(4)10-17/h5-10,18-25H,11H2,1-4H3/t18-,20+,21+/m1/s1. The van der Waals surface area contributed by atoms with Crippen LogP contribution in [-0.2, 0) is 0 Å². The molecule has 4 N–H and O–H groups in total. The van der Waals surface area contributed by atoms with Crippen LogP contribution >= 0.6 is 0 Å². The van der Waals surface area contributed by atoms with E-state index in [4.69, 9.17) is 5.11 Å². The van der Waals surface area contributed by atoms with Gasteiger partial charge >= 0.3 is 0 Å². The molecule has 4 heteroatoms. The van der Waals surface area contributed by atoms with Crippen LogP contribution in [0.3, 0.4) is 0 Å². The Morgan fingerprint density at radius 2 is 1.12 bits per heavy atom. The minimum atomic E-state index is -1.45. The highest BCUT2D eigenvalue weighted by Crippen LogP contribution is 2.32. The van der Waals surface area contributed by atoms with Gasteiger partial charge < -0.3 is 20.4 Å². The largest absolute Gasteiger partial charge is 0.394 e. The summed E-state index contributed by atoms with van der Waals surface area (Å²) in [4.78, 5) is 0. The molecule has 0 aromatic heterocycles. The van der Waals surface area contributed by atoms with E-state index in [-0.39, 0.29) is 0 Å². The molecule has 3 atom stereocenters. The third kappa shape index (κ3) is 4.28. The minimum absolute atomic E-state index is 0.505. The lowest BCUT2D eigenvalue weighted by Gasteiger charge is -2.30. The van der Waals surface area contributed by atoms with Crippen molar-refractivity contribution >= 4 is 0 Å². The lowest BCUT2D eigenvalue weighted by Crippen LogP contribution is -2.43. The fourth-order valence-corrected chi connectivity index (χ4v) is 3.04. The molecule has 0 saturated heterocycles. The zero-order valence-electron chi connectivity index (χ0n) is 15.3. The summed E-state index contributed by atoms with van der Waals surface area (Å²) in [5.41, 5.74) is 6.21. The molecule has 136 valence electrons. The van der Waals surface area contributed by atoms with Crippen molar-refractivity contribution in [2.75, 3.05) is 6.61 Å². The van der Waals surface area contributed by atoms with Crippen molar-refractivity contribution in [1.29, 1.82) is 0 Å². The maximum absolute atomic E-state index is 10.8. The number of aliphatic hydroxyl groups is 4. The molecule has 0 aliphatic carbocycles. The van der Waals surface area contributed by atoms with E-state index in [2.05, 4.69) is 0 Å². The molecule has 0 fully saturated rings. The van der Waals surface area contributed by atoms with Crippen LogP contribution < -0.4 is 0 Å². The molecule has 2 aromatic carbocycles. The van der Waals surface area contributed by atoms with Crippen molar-refractivity contribution in [3.8, 4) is 0 Å². The summed E-state index contributed by atoms with van der Waals surface area (Å²) < 4.78 is 0. The first-order valence-corrected chi connectivity index (χ1v) is 8.55. The molecule has 0 spiro atoms. The first-order chi connectivity index (χ1) is 11.8. The highest BCUT2D eigenvalue weighted by Gasteiger charge is 2.33. The third-order valence-electron chi connectivity index (χ3n) is 5.05. The van der Waals surface area contributed by atoms with Crippen LogP contribution in [-0.4, -0.2) is 45.3 Å². The lowest BCUT2D eigenvalue weighted by atomic mass is 9.81. The molecule has 0 bridgehead atoms. The molecular formula is C21H28O4. The van der Waals surface area contributed by atoms with Crippen LogP contribution in [0.15, 0.2) is 36.4 Å². The van der Waals surface area contributed by atoms with Crippen molar-refractivity contribution in [3.63, 3.8) is 0 Å². The molecular weight excluding hydrogens is 316 g/mol. The second-order valence-electron chi connectivity index (χ2n) is 6.90. The topological polar surface area (TPSA) is 80.9 Å². The first kappa shape index (κ1) is 19.6. The summed E-state index contributed by atoms with van der Waals surface area (Å²) in [6.45, 7) is 7.43. The number of aliphatic hydroxyl groups excluding tert-OH is 4. The average Bonchev–Trinajstić information content (AvgIpc) is 2.59. The van der Waals surface area contributed by atoms with Gasteiger partial charge in [0.2, 0.25) is 0 Å². The van der Waals surface area contributed by atoms with Crippen molar-refractivity contribution in [3.05, 3.63) is 69.8 Å². The number of hydrogen-bond donors (Lipinski definition) is 4. The summed E-state index contributed by atoms with van der Waals surface area (Å²) in [5.74, 6) is -0.505. The quantitative estimate of drug-likeness (QED) is 0.647. The van der Waals surface area contributed by atoms with Gasteiger partial charge in [0.15, 0.2) is 0 Å². The summed E-state index contributed by atoms with van der Waals surface area (Å²) in [7, 11) is 0. The van der Waals surface area contributed by atoms with Gasteiger partial charge in [-0.05, 0) is 61.1 Å². The highest BCUT2D eigenvalue weighted by molar-refractivity contribution is 5.41. The van der Waals surface area contributed by atoms with Crippen LogP contribution in [0.5, 0.6) is 0 Å². The van der Waals surface area contributed by atoms with Crippen LogP contribution in [0.4, 0.5) is 0 Å². The van der Waals surface area contributed by atoms with E-state index in [0.717, 1.165) is 33.4 Å². The van der Waals surface area contributed by atoms with Gasteiger partial charge in [0.05, 0.1) is 12.7 Å². The third-order valence-corrected chi connectivity index (χ3v) is 5.05. The maximum atomic E-state index is 10.8. The summed E-state index contributed by atoms with van der Waals surface area (Å²) in [6, 6.07) is 11.8. The zero-order chi connectivity index (χ0) is 18.7. The molecule has 0 aliphatic heterocycles. The van der Waals surface area contributed by atoms with E-state index in [9.17, 15) is 15.3 Å². The predicted molar refractivity (Wildman–Crippen MR) is 98.8 cm³/mol.